The summed E-state index contributed by atoms with van der Waals surface area (Å²) in [4.78, 5) is 18.9. The first-order chi connectivity index (χ1) is 14.0. The van der Waals surface area contributed by atoms with Gasteiger partial charge in [0.2, 0.25) is 12.7 Å². The lowest BCUT2D eigenvalue weighted by molar-refractivity contribution is -0.118. The predicted octanol–water partition coefficient (Wildman–Crippen LogP) is 2.99. The fourth-order valence-corrected chi connectivity index (χ4v) is 8.62. The van der Waals surface area contributed by atoms with Gasteiger partial charge in [-0.15, -0.1) is 0 Å². The summed E-state index contributed by atoms with van der Waals surface area (Å²) in [6, 6.07) is 5.32. The largest absolute Gasteiger partial charge is 0.454 e. The van der Waals surface area contributed by atoms with Crippen molar-refractivity contribution < 1.29 is 22.7 Å². The van der Waals surface area contributed by atoms with Crippen LogP contribution in [0.1, 0.15) is 38.5 Å². The van der Waals surface area contributed by atoms with Gasteiger partial charge in [0.05, 0.1) is 17.5 Å². The molecule has 0 bridgehead atoms. The Kier molecular flexibility index (Phi) is 4.98. The highest BCUT2D eigenvalue weighted by atomic mass is 32.2. The summed E-state index contributed by atoms with van der Waals surface area (Å²) in [7, 11) is -3.09. The predicted molar refractivity (Wildman–Crippen MR) is 112 cm³/mol. The van der Waals surface area contributed by atoms with Crippen LogP contribution in [0.25, 0.3) is 0 Å². The van der Waals surface area contributed by atoms with Gasteiger partial charge >= 0.3 is 0 Å². The molecule has 1 aliphatic carbocycles. The zero-order chi connectivity index (χ0) is 20.0. The molecule has 0 aromatic heterocycles. The van der Waals surface area contributed by atoms with Gasteiger partial charge < -0.3 is 14.4 Å². The molecule has 5 rings (SSSR count). The molecule has 0 N–H and O–H groups in total. The lowest BCUT2D eigenvalue weighted by Gasteiger charge is -2.24. The van der Waals surface area contributed by atoms with E-state index in [9.17, 15) is 13.2 Å². The number of fused-ring (bicyclic) bond motifs is 2. The topological polar surface area (TPSA) is 85.3 Å². The van der Waals surface area contributed by atoms with Crippen LogP contribution < -0.4 is 14.4 Å². The monoisotopic (exact) mass is 436 g/mol. The van der Waals surface area contributed by atoms with E-state index >= 15 is 0 Å². The number of aliphatic imine (C=N–C) groups is 1. The van der Waals surface area contributed by atoms with Gasteiger partial charge in [-0.1, -0.05) is 37.4 Å². The number of thioether (sulfide) groups is 1. The van der Waals surface area contributed by atoms with Crippen molar-refractivity contribution >= 4 is 38.4 Å². The number of hydrogen-bond acceptors (Lipinski definition) is 6. The van der Waals surface area contributed by atoms with Crippen LogP contribution in [0.2, 0.25) is 0 Å². The first-order valence-corrected chi connectivity index (χ1v) is 12.9. The van der Waals surface area contributed by atoms with Gasteiger partial charge in [0.1, 0.15) is 0 Å². The summed E-state index contributed by atoms with van der Waals surface area (Å²) in [6.07, 6.45) is 6.30. The molecule has 7 nitrogen and oxygen atoms in total. The molecule has 3 fully saturated rings. The van der Waals surface area contributed by atoms with E-state index in [1.165, 1.54) is 37.4 Å². The third-order valence-electron chi connectivity index (χ3n) is 6.16. The minimum Gasteiger partial charge on any atom is -0.454 e. The summed E-state index contributed by atoms with van der Waals surface area (Å²) >= 11 is 1.41. The number of anilines is 1. The number of carbonyl (C=O) groups is 1. The molecule has 1 saturated carbocycles. The molecule has 3 heterocycles. The molecule has 9 heteroatoms. The molecule has 0 radical (unpaired) electrons. The van der Waals surface area contributed by atoms with E-state index in [0.717, 1.165) is 12.1 Å². The summed E-state index contributed by atoms with van der Waals surface area (Å²) in [6.45, 7) is 0.175. The number of hydrogen-bond donors (Lipinski definition) is 0. The average Bonchev–Trinajstić information content (AvgIpc) is 3.43. The molecule has 2 saturated heterocycles. The van der Waals surface area contributed by atoms with E-state index in [-0.39, 0.29) is 35.5 Å². The summed E-state index contributed by atoms with van der Waals surface area (Å²) in [5, 5.41) is 0.497. The maximum absolute atomic E-state index is 12.6. The highest BCUT2D eigenvalue weighted by Gasteiger charge is 2.49. The van der Waals surface area contributed by atoms with Crippen LogP contribution in [-0.4, -0.2) is 49.1 Å². The lowest BCUT2D eigenvalue weighted by atomic mass is 10.0. The Bertz CT molecular complexity index is 956. The molecular weight excluding hydrogens is 412 g/mol. The SMILES string of the molecule is O=C(CCC1CCCC1)N=C1S[C@@H]2CS(=O)(=O)C[C@@H]2N1c1ccc2c(c1)OCO2. The van der Waals surface area contributed by atoms with Crippen LogP contribution in [0.15, 0.2) is 23.2 Å². The van der Waals surface area contributed by atoms with E-state index in [0.29, 0.717) is 29.0 Å². The van der Waals surface area contributed by atoms with E-state index in [2.05, 4.69) is 4.99 Å². The van der Waals surface area contributed by atoms with Crippen molar-refractivity contribution in [3.05, 3.63) is 18.2 Å². The van der Waals surface area contributed by atoms with Gasteiger partial charge in [-0.05, 0) is 24.5 Å². The Morgan fingerprint density at radius 3 is 2.79 bits per heavy atom. The average molecular weight is 437 g/mol. The summed E-state index contributed by atoms with van der Waals surface area (Å²) in [5.74, 6) is 2.02. The van der Waals surface area contributed by atoms with Crippen LogP contribution >= 0.6 is 11.8 Å². The molecule has 4 aliphatic rings. The maximum atomic E-state index is 12.6. The van der Waals surface area contributed by atoms with Gasteiger partial charge in [0.25, 0.3) is 0 Å². The standard InChI is InChI=1S/C20H24N2O5S2/c23-19(8-5-13-3-1-2-4-13)21-20-22(15-10-29(24,25)11-18(15)28-20)14-6-7-16-17(9-14)27-12-26-16/h6-7,9,13,15,18H,1-5,8,10-12H2/t15-,18+/m0/s1. The van der Waals surface area contributed by atoms with E-state index < -0.39 is 9.84 Å². The van der Waals surface area contributed by atoms with Crippen LogP contribution in [0.4, 0.5) is 5.69 Å². The van der Waals surface area contributed by atoms with Crippen molar-refractivity contribution in [2.75, 3.05) is 23.2 Å². The van der Waals surface area contributed by atoms with E-state index in [1.54, 1.807) is 0 Å². The molecule has 1 amide bonds. The minimum absolute atomic E-state index is 0.0778. The molecule has 0 spiro atoms. The van der Waals surface area contributed by atoms with Crippen LogP contribution in [0.5, 0.6) is 11.5 Å². The second-order valence-electron chi connectivity index (χ2n) is 8.19. The molecular formula is C20H24N2O5S2. The van der Waals surface area contributed by atoms with Crippen LogP contribution in [0, 0.1) is 5.92 Å². The summed E-state index contributed by atoms with van der Waals surface area (Å²) < 4.78 is 35.3. The fourth-order valence-electron chi connectivity index (χ4n) is 4.69. The van der Waals surface area contributed by atoms with Gasteiger partial charge in [-0.25, -0.2) is 8.42 Å². The highest BCUT2D eigenvalue weighted by molar-refractivity contribution is 8.16. The molecule has 29 heavy (non-hydrogen) atoms. The zero-order valence-electron chi connectivity index (χ0n) is 16.1. The number of sulfone groups is 1. The van der Waals surface area contributed by atoms with Crippen molar-refractivity contribution in [3.63, 3.8) is 0 Å². The number of ether oxygens (including phenoxy) is 2. The number of benzene rings is 1. The quantitative estimate of drug-likeness (QED) is 0.717. The van der Waals surface area contributed by atoms with Gasteiger partial charge in [0, 0.05) is 23.4 Å². The van der Waals surface area contributed by atoms with E-state index in [4.69, 9.17) is 9.47 Å². The Morgan fingerprint density at radius 2 is 1.97 bits per heavy atom. The van der Waals surface area contributed by atoms with Crippen LogP contribution in [-0.2, 0) is 14.6 Å². The molecule has 2 atom stereocenters. The number of carbonyl (C=O) groups excluding carboxylic acids is 1. The van der Waals surface area contributed by atoms with E-state index in [1.807, 2.05) is 23.1 Å². The number of amidine groups is 1. The second kappa shape index (κ2) is 7.50. The Morgan fingerprint density at radius 1 is 1.17 bits per heavy atom. The van der Waals surface area contributed by atoms with Gasteiger partial charge in [-0.2, -0.15) is 4.99 Å². The Labute approximate surface area is 174 Å². The third kappa shape index (κ3) is 3.86. The van der Waals surface area contributed by atoms with Crippen LogP contribution in [0.3, 0.4) is 0 Å². The second-order valence-corrected chi connectivity index (χ2v) is 11.5. The first kappa shape index (κ1) is 19.2. The smallest absolute Gasteiger partial charge is 0.248 e. The maximum Gasteiger partial charge on any atom is 0.248 e. The first-order valence-electron chi connectivity index (χ1n) is 10.2. The van der Waals surface area contributed by atoms with Crippen molar-refractivity contribution in [2.24, 2.45) is 10.9 Å². The van der Waals surface area contributed by atoms with Crippen molar-refractivity contribution in [1.82, 2.24) is 0 Å². The number of nitrogens with zero attached hydrogens (tertiary/aromatic N) is 2. The highest BCUT2D eigenvalue weighted by Crippen LogP contribution is 2.44. The minimum atomic E-state index is -3.09. The molecule has 3 aliphatic heterocycles. The van der Waals surface area contributed by atoms with Gasteiger partial charge in [-0.3, -0.25) is 4.79 Å². The lowest BCUT2D eigenvalue weighted by Crippen LogP contribution is -2.37. The molecule has 1 aromatic rings. The number of amides is 1. The Hall–Kier alpha value is -1.74. The van der Waals surface area contributed by atoms with Crippen molar-refractivity contribution in [3.8, 4) is 11.5 Å². The fraction of sp³-hybridized carbons (Fsp3) is 0.600. The molecule has 1 aromatic carbocycles. The van der Waals surface area contributed by atoms with Crippen molar-refractivity contribution in [1.29, 1.82) is 0 Å². The zero-order valence-corrected chi connectivity index (χ0v) is 17.7. The Balaban J connectivity index is 1.40. The normalized spacial score (nSPS) is 29.0. The molecule has 0 unspecified atom stereocenters. The third-order valence-corrected chi connectivity index (χ3v) is 9.37. The molecule has 156 valence electrons. The summed E-state index contributed by atoms with van der Waals surface area (Å²) in [5.41, 5.74) is 0.786. The van der Waals surface area contributed by atoms with Crippen molar-refractivity contribution in [2.45, 2.75) is 49.8 Å². The number of rotatable bonds is 4. The van der Waals surface area contributed by atoms with Gasteiger partial charge in [0.15, 0.2) is 26.5 Å².